The Morgan fingerprint density at radius 3 is 2.67 bits per heavy atom. The Morgan fingerprint density at radius 2 is 1.95 bits per heavy atom. The Bertz CT molecular complexity index is 507. The maximum atomic E-state index is 12.5. The number of anilines is 1. The molecule has 1 amide bonds. The van der Waals surface area contributed by atoms with Gasteiger partial charge in [0.2, 0.25) is 5.91 Å². The highest BCUT2D eigenvalue weighted by atomic mass is 16.2. The number of amides is 1. The first-order valence-electron chi connectivity index (χ1n) is 8.00. The number of hydrogen-bond acceptors (Lipinski definition) is 3. The number of hydrogen-bond donors (Lipinski definition) is 1. The second kappa shape index (κ2) is 6.06. The monoisotopic (exact) mass is 287 g/mol. The molecule has 1 fully saturated rings. The largest absolute Gasteiger partial charge is 0.384 e. The molecule has 2 aliphatic rings. The van der Waals surface area contributed by atoms with Crippen LogP contribution in [0.2, 0.25) is 0 Å². The van der Waals surface area contributed by atoms with Crippen LogP contribution in [0.5, 0.6) is 0 Å². The van der Waals surface area contributed by atoms with Gasteiger partial charge in [0, 0.05) is 56.8 Å². The van der Waals surface area contributed by atoms with Crippen LogP contribution >= 0.6 is 0 Å². The molecule has 1 aromatic carbocycles. The second-order valence-corrected chi connectivity index (χ2v) is 6.38. The molecule has 1 N–H and O–H groups in total. The maximum absolute atomic E-state index is 12.5. The van der Waals surface area contributed by atoms with E-state index in [1.807, 2.05) is 11.0 Å². The van der Waals surface area contributed by atoms with Gasteiger partial charge in [-0.15, -0.1) is 0 Å². The minimum Gasteiger partial charge on any atom is -0.384 e. The fourth-order valence-corrected chi connectivity index (χ4v) is 3.37. The fraction of sp³-hybridized carbons (Fsp3) is 0.588. The molecule has 1 saturated heterocycles. The molecule has 2 aliphatic heterocycles. The van der Waals surface area contributed by atoms with Gasteiger partial charge in [0.1, 0.15) is 0 Å². The molecular weight excluding hydrogens is 262 g/mol. The number of nitrogens with one attached hydrogen (secondary N) is 1. The van der Waals surface area contributed by atoms with E-state index in [4.69, 9.17) is 0 Å². The van der Waals surface area contributed by atoms with Gasteiger partial charge in [0.15, 0.2) is 0 Å². The van der Waals surface area contributed by atoms with Gasteiger partial charge in [0.25, 0.3) is 0 Å². The van der Waals surface area contributed by atoms with Crippen molar-refractivity contribution < 1.29 is 4.79 Å². The molecule has 1 aromatic rings. The van der Waals surface area contributed by atoms with E-state index in [2.05, 4.69) is 42.3 Å². The number of rotatable bonds is 3. The fourth-order valence-electron chi connectivity index (χ4n) is 3.37. The number of fused-ring (bicyclic) bond motifs is 1. The summed E-state index contributed by atoms with van der Waals surface area (Å²) in [6.07, 6.45) is 0.631. The quantitative estimate of drug-likeness (QED) is 0.925. The van der Waals surface area contributed by atoms with Gasteiger partial charge in [-0.25, -0.2) is 0 Å². The lowest BCUT2D eigenvalue weighted by Crippen LogP contribution is -2.50. The van der Waals surface area contributed by atoms with Gasteiger partial charge in [-0.3, -0.25) is 9.69 Å². The van der Waals surface area contributed by atoms with Crippen LogP contribution in [-0.4, -0.2) is 54.5 Å². The SMILES string of the molecule is CC(C)N1CCN(C(=O)CC2CNc3ccccc32)CC1. The van der Waals surface area contributed by atoms with E-state index in [1.54, 1.807) is 0 Å². The summed E-state index contributed by atoms with van der Waals surface area (Å²) in [6.45, 7) is 9.08. The third-order valence-corrected chi connectivity index (χ3v) is 4.76. The summed E-state index contributed by atoms with van der Waals surface area (Å²) in [4.78, 5) is 17.0. The minimum absolute atomic E-state index is 0.307. The van der Waals surface area contributed by atoms with Gasteiger partial charge in [-0.1, -0.05) is 18.2 Å². The number of para-hydroxylation sites is 1. The number of piperazine rings is 1. The normalized spacial score (nSPS) is 22.2. The lowest BCUT2D eigenvalue weighted by molar-refractivity contribution is -0.133. The van der Waals surface area contributed by atoms with Crippen LogP contribution in [0.4, 0.5) is 5.69 Å². The van der Waals surface area contributed by atoms with Crippen LogP contribution in [-0.2, 0) is 4.79 Å². The summed E-state index contributed by atoms with van der Waals surface area (Å²) in [6, 6.07) is 8.92. The van der Waals surface area contributed by atoms with E-state index >= 15 is 0 Å². The molecular formula is C17H25N3O. The molecule has 114 valence electrons. The van der Waals surface area contributed by atoms with Crippen molar-refractivity contribution in [2.24, 2.45) is 0 Å². The van der Waals surface area contributed by atoms with Gasteiger partial charge in [-0.05, 0) is 25.5 Å². The van der Waals surface area contributed by atoms with Crippen LogP contribution < -0.4 is 5.32 Å². The van der Waals surface area contributed by atoms with Gasteiger partial charge in [0.05, 0.1) is 0 Å². The van der Waals surface area contributed by atoms with Crippen molar-refractivity contribution in [3.63, 3.8) is 0 Å². The molecule has 21 heavy (non-hydrogen) atoms. The summed E-state index contributed by atoms with van der Waals surface area (Å²) < 4.78 is 0. The average molecular weight is 287 g/mol. The Kier molecular flexibility index (Phi) is 4.15. The first kappa shape index (κ1) is 14.4. The van der Waals surface area contributed by atoms with Crippen molar-refractivity contribution in [2.75, 3.05) is 38.0 Å². The minimum atomic E-state index is 0.307. The van der Waals surface area contributed by atoms with E-state index in [-0.39, 0.29) is 0 Å². The lowest BCUT2D eigenvalue weighted by atomic mass is 9.97. The summed E-state index contributed by atoms with van der Waals surface area (Å²) in [5, 5.41) is 3.40. The second-order valence-electron chi connectivity index (χ2n) is 6.38. The van der Waals surface area contributed by atoms with E-state index < -0.39 is 0 Å². The van der Waals surface area contributed by atoms with Crippen molar-refractivity contribution in [2.45, 2.75) is 32.2 Å². The first-order valence-corrected chi connectivity index (χ1v) is 8.00. The number of nitrogens with zero attached hydrogens (tertiary/aromatic N) is 2. The Hall–Kier alpha value is -1.55. The molecule has 4 nitrogen and oxygen atoms in total. The van der Waals surface area contributed by atoms with Crippen LogP contribution in [0.25, 0.3) is 0 Å². The van der Waals surface area contributed by atoms with Crippen LogP contribution in [0.15, 0.2) is 24.3 Å². The molecule has 0 aliphatic carbocycles. The molecule has 0 aromatic heterocycles. The van der Waals surface area contributed by atoms with Gasteiger partial charge >= 0.3 is 0 Å². The molecule has 0 bridgehead atoms. The van der Waals surface area contributed by atoms with Crippen LogP contribution in [0.1, 0.15) is 31.7 Å². The topological polar surface area (TPSA) is 35.6 Å². The molecule has 2 heterocycles. The maximum Gasteiger partial charge on any atom is 0.223 e. The Morgan fingerprint density at radius 1 is 1.24 bits per heavy atom. The van der Waals surface area contributed by atoms with Gasteiger partial charge < -0.3 is 10.2 Å². The Labute approximate surface area is 127 Å². The van der Waals surface area contributed by atoms with Gasteiger partial charge in [-0.2, -0.15) is 0 Å². The van der Waals surface area contributed by atoms with E-state index in [0.717, 1.165) is 32.7 Å². The summed E-state index contributed by atoms with van der Waals surface area (Å²) in [7, 11) is 0. The van der Waals surface area contributed by atoms with Crippen molar-refractivity contribution >= 4 is 11.6 Å². The summed E-state index contributed by atoms with van der Waals surface area (Å²) in [5.41, 5.74) is 2.49. The zero-order chi connectivity index (χ0) is 14.8. The van der Waals surface area contributed by atoms with Crippen molar-refractivity contribution in [1.29, 1.82) is 0 Å². The molecule has 3 rings (SSSR count). The van der Waals surface area contributed by atoms with E-state index in [0.29, 0.717) is 24.3 Å². The predicted molar refractivity (Wildman–Crippen MR) is 85.6 cm³/mol. The highest BCUT2D eigenvalue weighted by Crippen LogP contribution is 2.33. The zero-order valence-electron chi connectivity index (χ0n) is 13.0. The third kappa shape index (κ3) is 3.05. The first-order chi connectivity index (χ1) is 10.1. The highest BCUT2D eigenvalue weighted by Gasteiger charge is 2.28. The number of benzene rings is 1. The smallest absolute Gasteiger partial charge is 0.223 e. The van der Waals surface area contributed by atoms with E-state index in [1.165, 1.54) is 11.3 Å². The van der Waals surface area contributed by atoms with Crippen molar-refractivity contribution in [3.8, 4) is 0 Å². The summed E-state index contributed by atoms with van der Waals surface area (Å²) >= 11 is 0. The lowest BCUT2D eigenvalue weighted by Gasteiger charge is -2.37. The number of carbonyl (C=O) groups excluding carboxylic acids is 1. The highest BCUT2D eigenvalue weighted by molar-refractivity contribution is 5.78. The standard InChI is InChI=1S/C17H25N3O/c1-13(2)19-7-9-20(10-8-19)17(21)11-14-12-18-16-6-4-3-5-15(14)16/h3-6,13-14,18H,7-12H2,1-2H3. The molecule has 4 heteroatoms. The number of carbonyl (C=O) groups is 1. The average Bonchev–Trinajstić information content (AvgIpc) is 2.91. The zero-order valence-corrected chi connectivity index (χ0v) is 13.0. The molecule has 1 atom stereocenters. The molecule has 0 spiro atoms. The van der Waals surface area contributed by atoms with Crippen LogP contribution in [0, 0.1) is 0 Å². The summed E-state index contributed by atoms with van der Waals surface area (Å²) in [5.74, 6) is 0.638. The van der Waals surface area contributed by atoms with Crippen molar-refractivity contribution in [3.05, 3.63) is 29.8 Å². The molecule has 1 unspecified atom stereocenters. The predicted octanol–water partition coefficient (Wildman–Crippen LogP) is 2.14. The molecule has 0 saturated carbocycles. The molecule has 0 radical (unpaired) electrons. The van der Waals surface area contributed by atoms with Crippen molar-refractivity contribution in [1.82, 2.24) is 9.80 Å². The Balaban J connectivity index is 1.56. The third-order valence-electron chi connectivity index (χ3n) is 4.76. The van der Waals surface area contributed by atoms with E-state index in [9.17, 15) is 4.79 Å². The van der Waals surface area contributed by atoms with Crippen LogP contribution in [0.3, 0.4) is 0 Å².